The summed E-state index contributed by atoms with van der Waals surface area (Å²) in [5.74, 6) is 0.536. The minimum absolute atomic E-state index is 0.00980. The third-order valence-corrected chi connectivity index (χ3v) is 5.36. The highest BCUT2D eigenvalue weighted by Crippen LogP contribution is 2.22. The molecule has 0 saturated heterocycles. The molecule has 0 saturated carbocycles. The number of nitrogens with one attached hydrogen (secondary N) is 1. The minimum atomic E-state index is -0.274. The van der Waals surface area contributed by atoms with Crippen LogP contribution in [0.5, 0.6) is 0 Å². The molecule has 0 fully saturated rings. The number of carbonyl (C=O) groups excluding carboxylic acids is 1. The Hall–Kier alpha value is -4.00. The largest absolute Gasteiger partial charge is 0.352 e. The highest BCUT2D eigenvalue weighted by molar-refractivity contribution is 5.76. The van der Waals surface area contributed by atoms with Gasteiger partial charge in [-0.15, -0.1) is 0 Å². The Morgan fingerprint density at radius 2 is 1.88 bits per heavy atom. The Morgan fingerprint density at radius 3 is 2.67 bits per heavy atom. The SMILES string of the molecule is Cc1cccc(-c2noc(-c3ccc(=O)n(CC(=O)N[C@@H](C)CCc4ccccc4)c3)n2)c1. The van der Waals surface area contributed by atoms with Gasteiger partial charge < -0.3 is 14.4 Å². The molecule has 0 aliphatic carbocycles. The summed E-state index contributed by atoms with van der Waals surface area (Å²) in [6.07, 6.45) is 3.26. The Balaban J connectivity index is 1.41. The first-order chi connectivity index (χ1) is 16.0. The molecular weight excluding hydrogens is 416 g/mol. The minimum Gasteiger partial charge on any atom is -0.352 e. The fourth-order valence-corrected chi connectivity index (χ4v) is 3.60. The van der Waals surface area contributed by atoms with Gasteiger partial charge in [0.1, 0.15) is 6.54 Å². The lowest BCUT2D eigenvalue weighted by molar-refractivity contribution is -0.122. The number of benzene rings is 2. The van der Waals surface area contributed by atoms with Crippen LogP contribution in [0.3, 0.4) is 0 Å². The van der Waals surface area contributed by atoms with Crippen LogP contribution in [0.1, 0.15) is 24.5 Å². The van der Waals surface area contributed by atoms with Crippen LogP contribution in [0.4, 0.5) is 0 Å². The summed E-state index contributed by atoms with van der Waals surface area (Å²) < 4.78 is 6.76. The summed E-state index contributed by atoms with van der Waals surface area (Å²) >= 11 is 0. The zero-order valence-electron chi connectivity index (χ0n) is 18.7. The van der Waals surface area contributed by atoms with E-state index in [4.69, 9.17) is 4.52 Å². The third-order valence-electron chi connectivity index (χ3n) is 5.36. The van der Waals surface area contributed by atoms with Crippen LogP contribution in [-0.2, 0) is 17.8 Å². The molecule has 2 aromatic carbocycles. The zero-order valence-corrected chi connectivity index (χ0v) is 18.7. The standard InChI is InChI=1S/C26H26N4O3/c1-18-7-6-10-21(15-18)25-28-26(33-29-25)22-13-14-24(32)30(16-22)17-23(31)27-19(2)11-12-20-8-4-3-5-9-20/h3-10,13-16,19H,11-12,17H2,1-2H3,(H,27,31)/t19-/m0/s1. The molecule has 0 radical (unpaired) electrons. The first-order valence-electron chi connectivity index (χ1n) is 10.9. The second-order valence-electron chi connectivity index (χ2n) is 8.17. The van der Waals surface area contributed by atoms with Crippen molar-refractivity contribution in [3.63, 3.8) is 0 Å². The van der Waals surface area contributed by atoms with Gasteiger partial charge in [-0.3, -0.25) is 9.59 Å². The van der Waals surface area contributed by atoms with E-state index in [1.807, 2.05) is 56.3 Å². The average molecular weight is 443 g/mol. The van der Waals surface area contributed by atoms with Crippen LogP contribution in [-0.4, -0.2) is 26.7 Å². The van der Waals surface area contributed by atoms with Crippen molar-refractivity contribution in [3.05, 3.63) is 94.4 Å². The van der Waals surface area contributed by atoms with Crippen molar-refractivity contribution in [2.24, 2.45) is 0 Å². The number of nitrogens with zero attached hydrogens (tertiary/aromatic N) is 3. The van der Waals surface area contributed by atoms with Crippen molar-refractivity contribution in [1.29, 1.82) is 0 Å². The number of amides is 1. The van der Waals surface area contributed by atoms with Gasteiger partial charge in [-0.1, -0.05) is 59.3 Å². The molecule has 2 heterocycles. The Bertz CT molecular complexity index is 1290. The van der Waals surface area contributed by atoms with Gasteiger partial charge >= 0.3 is 0 Å². The highest BCUT2D eigenvalue weighted by atomic mass is 16.5. The van der Waals surface area contributed by atoms with Gasteiger partial charge in [0.2, 0.25) is 11.7 Å². The molecule has 7 nitrogen and oxygen atoms in total. The summed E-state index contributed by atoms with van der Waals surface area (Å²) in [6.45, 7) is 3.88. The molecule has 1 atom stereocenters. The van der Waals surface area contributed by atoms with E-state index in [-0.39, 0.29) is 29.9 Å². The Labute approximate surface area is 192 Å². The zero-order chi connectivity index (χ0) is 23.2. The number of rotatable bonds is 8. The number of aryl methyl sites for hydroxylation is 2. The summed E-state index contributed by atoms with van der Waals surface area (Å²) in [5.41, 5.74) is 3.47. The van der Waals surface area contributed by atoms with Crippen molar-refractivity contribution < 1.29 is 9.32 Å². The van der Waals surface area contributed by atoms with Crippen LogP contribution >= 0.6 is 0 Å². The lowest BCUT2D eigenvalue weighted by Crippen LogP contribution is -2.37. The van der Waals surface area contributed by atoms with Gasteiger partial charge in [0.05, 0.1) is 5.56 Å². The van der Waals surface area contributed by atoms with Gasteiger partial charge in [0.15, 0.2) is 0 Å². The first-order valence-corrected chi connectivity index (χ1v) is 10.9. The summed E-state index contributed by atoms with van der Waals surface area (Å²) in [7, 11) is 0. The van der Waals surface area contributed by atoms with Gasteiger partial charge in [0.25, 0.3) is 11.4 Å². The van der Waals surface area contributed by atoms with Crippen molar-refractivity contribution in [2.75, 3.05) is 0 Å². The molecule has 2 aromatic heterocycles. The first kappa shape index (κ1) is 22.2. The molecule has 0 unspecified atom stereocenters. The molecule has 0 aliphatic heterocycles. The van der Waals surface area contributed by atoms with Crippen LogP contribution in [0, 0.1) is 6.92 Å². The van der Waals surface area contributed by atoms with Crippen LogP contribution in [0.2, 0.25) is 0 Å². The molecule has 4 rings (SSSR count). The number of aromatic nitrogens is 3. The predicted octanol–water partition coefficient (Wildman–Crippen LogP) is 4.01. The maximum atomic E-state index is 12.5. The fourth-order valence-electron chi connectivity index (χ4n) is 3.60. The normalized spacial score (nSPS) is 11.8. The molecule has 7 heteroatoms. The average Bonchev–Trinajstić information content (AvgIpc) is 3.30. The van der Waals surface area contributed by atoms with Gasteiger partial charge in [0, 0.05) is 23.9 Å². The van der Waals surface area contributed by atoms with Crippen LogP contribution in [0.15, 0.2) is 82.2 Å². The second kappa shape index (κ2) is 10.1. The fraction of sp³-hybridized carbons (Fsp3) is 0.231. The van der Waals surface area contributed by atoms with Crippen molar-refractivity contribution in [1.82, 2.24) is 20.0 Å². The number of hydrogen-bond donors (Lipinski definition) is 1. The van der Waals surface area contributed by atoms with E-state index >= 15 is 0 Å². The predicted molar refractivity (Wildman–Crippen MR) is 127 cm³/mol. The van der Waals surface area contributed by atoms with E-state index in [1.165, 1.54) is 16.2 Å². The van der Waals surface area contributed by atoms with Crippen molar-refractivity contribution >= 4 is 5.91 Å². The monoisotopic (exact) mass is 442 g/mol. The third kappa shape index (κ3) is 5.83. The lowest BCUT2D eigenvalue weighted by atomic mass is 10.1. The van der Waals surface area contributed by atoms with E-state index in [0.717, 1.165) is 24.0 Å². The molecule has 0 aliphatic rings. The van der Waals surface area contributed by atoms with Gasteiger partial charge in [-0.25, -0.2) is 0 Å². The van der Waals surface area contributed by atoms with Crippen molar-refractivity contribution in [2.45, 2.75) is 39.3 Å². The van der Waals surface area contributed by atoms with E-state index in [1.54, 1.807) is 12.3 Å². The lowest BCUT2D eigenvalue weighted by Gasteiger charge is -2.14. The molecule has 0 spiro atoms. The summed E-state index contributed by atoms with van der Waals surface area (Å²) in [4.78, 5) is 29.3. The maximum absolute atomic E-state index is 12.5. The van der Waals surface area contributed by atoms with Gasteiger partial charge in [-0.2, -0.15) is 4.98 Å². The summed E-state index contributed by atoms with van der Waals surface area (Å²) in [5, 5.41) is 7.01. The van der Waals surface area contributed by atoms with E-state index in [2.05, 4.69) is 27.6 Å². The molecule has 33 heavy (non-hydrogen) atoms. The Kier molecular flexibility index (Phi) is 6.78. The molecule has 0 bridgehead atoms. The number of pyridine rings is 1. The number of hydrogen-bond acceptors (Lipinski definition) is 5. The molecular formula is C26H26N4O3. The molecule has 4 aromatic rings. The second-order valence-corrected chi connectivity index (χ2v) is 8.17. The smallest absolute Gasteiger partial charge is 0.259 e. The molecule has 1 amide bonds. The topological polar surface area (TPSA) is 90.0 Å². The van der Waals surface area contributed by atoms with Crippen molar-refractivity contribution in [3.8, 4) is 22.8 Å². The van der Waals surface area contributed by atoms with Gasteiger partial charge in [-0.05, 0) is 44.4 Å². The Morgan fingerprint density at radius 1 is 1.06 bits per heavy atom. The number of carbonyl (C=O) groups is 1. The molecule has 168 valence electrons. The quantitative estimate of drug-likeness (QED) is 0.445. The van der Waals surface area contributed by atoms with E-state index < -0.39 is 0 Å². The maximum Gasteiger partial charge on any atom is 0.259 e. The van der Waals surface area contributed by atoms with Crippen LogP contribution < -0.4 is 10.9 Å². The van der Waals surface area contributed by atoms with E-state index in [0.29, 0.717) is 11.4 Å². The van der Waals surface area contributed by atoms with E-state index in [9.17, 15) is 9.59 Å². The van der Waals surface area contributed by atoms with Crippen LogP contribution in [0.25, 0.3) is 22.8 Å². The highest BCUT2D eigenvalue weighted by Gasteiger charge is 2.14. The summed E-state index contributed by atoms with van der Waals surface area (Å²) in [6, 6.07) is 20.9. The molecule has 1 N–H and O–H groups in total.